The lowest BCUT2D eigenvalue weighted by Gasteiger charge is -2.30. The molecule has 0 unspecified atom stereocenters. The topological polar surface area (TPSA) is 12.0 Å². The maximum Gasteiger partial charge on any atom is 0.0682 e. The van der Waals surface area contributed by atoms with Crippen LogP contribution in [0.1, 0.15) is 22.3 Å². The zero-order valence-corrected chi connectivity index (χ0v) is 15.6. The van der Waals surface area contributed by atoms with E-state index >= 15 is 0 Å². The molecule has 132 valence electrons. The van der Waals surface area contributed by atoms with Gasteiger partial charge in [0.2, 0.25) is 0 Å². The molecule has 2 aliphatic carbocycles. The fourth-order valence-electron chi connectivity index (χ4n) is 4.98. The summed E-state index contributed by atoms with van der Waals surface area (Å²) in [6, 6.07) is 26.8. The van der Waals surface area contributed by atoms with Crippen LogP contribution in [0.2, 0.25) is 0 Å². The first-order valence-electron chi connectivity index (χ1n) is 9.66. The molecule has 0 heterocycles. The van der Waals surface area contributed by atoms with Crippen LogP contribution in [0.5, 0.6) is 0 Å². The Hall–Kier alpha value is -2.90. The monoisotopic (exact) mass is 349 g/mol. The van der Waals surface area contributed by atoms with E-state index < -0.39 is 0 Å². The summed E-state index contributed by atoms with van der Waals surface area (Å²) >= 11 is 0. The highest BCUT2D eigenvalue weighted by atomic mass is 14.8. The number of benzene rings is 3. The molecule has 3 aromatic rings. The Morgan fingerprint density at radius 1 is 0.815 bits per heavy atom. The minimum Gasteiger partial charge on any atom is -0.316 e. The number of hydrogen-bond acceptors (Lipinski definition) is 1. The summed E-state index contributed by atoms with van der Waals surface area (Å²) in [5.74, 6) is 0. The molecule has 0 aromatic heterocycles. The molecule has 3 aromatic carbocycles. The molecule has 2 aliphatic rings. The summed E-state index contributed by atoms with van der Waals surface area (Å²) < 4.78 is 0. The molecule has 0 fully saturated rings. The van der Waals surface area contributed by atoms with E-state index in [1.807, 2.05) is 7.05 Å². The molecule has 0 saturated heterocycles. The molecule has 0 radical (unpaired) electrons. The first-order chi connectivity index (χ1) is 13.4. The maximum atomic E-state index is 3.19. The molecule has 1 N–H and O–H groups in total. The van der Waals surface area contributed by atoms with Crippen LogP contribution < -0.4 is 5.32 Å². The van der Waals surface area contributed by atoms with Gasteiger partial charge in [-0.2, -0.15) is 0 Å². The number of rotatable bonds is 3. The van der Waals surface area contributed by atoms with E-state index in [9.17, 15) is 0 Å². The zero-order valence-electron chi connectivity index (χ0n) is 15.6. The predicted octanol–water partition coefficient (Wildman–Crippen LogP) is 5.26. The summed E-state index contributed by atoms with van der Waals surface area (Å²) in [4.78, 5) is 0. The molecule has 0 amide bonds. The van der Waals surface area contributed by atoms with Gasteiger partial charge in [-0.05, 0) is 52.4 Å². The van der Waals surface area contributed by atoms with E-state index in [4.69, 9.17) is 0 Å². The second kappa shape index (κ2) is 6.37. The average Bonchev–Trinajstić information content (AvgIpc) is 3.21. The fourth-order valence-corrected chi connectivity index (χ4v) is 4.98. The SMILES string of the molecule is CNC/C=C\C=C1/Cc2ccccc2C12c1ccccc1-c1ccccc12. The van der Waals surface area contributed by atoms with Gasteiger partial charge in [0.05, 0.1) is 5.41 Å². The van der Waals surface area contributed by atoms with Gasteiger partial charge in [-0.3, -0.25) is 0 Å². The molecule has 5 rings (SSSR count). The Kier molecular flexibility index (Phi) is 3.84. The summed E-state index contributed by atoms with van der Waals surface area (Å²) in [5, 5.41) is 3.19. The minimum atomic E-state index is -0.159. The van der Waals surface area contributed by atoms with Crippen LogP contribution in [0.4, 0.5) is 0 Å². The normalized spacial score (nSPS) is 17.4. The molecule has 0 bridgehead atoms. The van der Waals surface area contributed by atoms with Gasteiger partial charge in [-0.15, -0.1) is 0 Å². The molecule has 1 heteroatoms. The van der Waals surface area contributed by atoms with Gasteiger partial charge in [0, 0.05) is 6.54 Å². The van der Waals surface area contributed by atoms with Crippen LogP contribution in [0.15, 0.2) is 96.6 Å². The summed E-state index contributed by atoms with van der Waals surface area (Å²) in [5.41, 5.74) is 9.77. The van der Waals surface area contributed by atoms with Gasteiger partial charge in [-0.1, -0.05) is 91.0 Å². The minimum absolute atomic E-state index is 0.159. The van der Waals surface area contributed by atoms with E-state index in [2.05, 4.69) is 96.3 Å². The van der Waals surface area contributed by atoms with Crippen molar-refractivity contribution in [3.8, 4) is 11.1 Å². The third kappa shape index (κ3) is 2.22. The lowest BCUT2D eigenvalue weighted by atomic mass is 9.70. The first kappa shape index (κ1) is 16.3. The molecule has 0 atom stereocenters. The highest BCUT2D eigenvalue weighted by molar-refractivity contribution is 5.87. The molecule has 27 heavy (non-hydrogen) atoms. The number of allylic oxidation sites excluding steroid dienone is 3. The molecule has 0 aliphatic heterocycles. The Labute approximate surface area is 161 Å². The van der Waals surface area contributed by atoms with E-state index in [0.717, 1.165) is 13.0 Å². The smallest absolute Gasteiger partial charge is 0.0682 e. The van der Waals surface area contributed by atoms with E-state index in [-0.39, 0.29) is 5.41 Å². The Morgan fingerprint density at radius 2 is 1.41 bits per heavy atom. The van der Waals surface area contributed by atoms with Crippen molar-refractivity contribution in [1.82, 2.24) is 5.32 Å². The quantitative estimate of drug-likeness (QED) is 0.680. The van der Waals surface area contributed by atoms with Crippen molar-refractivity contribution < 1.29 is 0 Å². The van der Waals surface area contributed by atoms with Crippen LogP contribution in [0, 0.1) is 0 Å². The molecule has 1 nitrogen and oxygen atoms in total. The molecule has 0 saturated carbocycles. The van der Waals surface area contributed by atoms with Crippen LogP contribution in [-0.2, 0) is 11.8 Å². The third-order valence-corrected chi connectivity index (χ3v) is 5.99. The van der Waals surface area contributed by atoms with E-state index in [0.29, 0.717) is 0 Å². The summed E-state index contributed by atoms with van der Waals surface area (Å²) in [6.07, 6.45) is 7.75. The Balaban J connectivity index is 1.84. The number of hydrogen-bond donors (Lipinski definition) is 1. The lowest BCUT2D eigenvalue weighted by Crippen LogP contribution is -2.26. The highest BCUT2D eigenvalue weighted by Gasteiger charge is 2.50. The lowest BCUT2D eigenvalue weighted by molar-refractivity contribution is 0.772. The molecule has 1 spiro atoms. The van der Waals surface area contributed by atoms with Gasteiger partial charge < -0.3 is 5.32 Å². The number of fused-ring (bicyclic) bond motifs is 7. The van der Waals surface area contributed by atoms with Crippen molar-refractivity contribution in [2.24, 2.45) is 0 Å². The van der Waals surface area contributed by atoms with Crippen molar-refractivity contribution >= 4 is 0 Å². The third-order valence-electron chi connectivity index (χ3n) is 5.99. The standard InChI is InChI=1S/C26H23N/c1-27-17-9-8-11-20-18-19-10-2-5-14-23(19)26(20)24-15-6-3-12-21(24)22-13-4-7-16-25(22)26/h2-16,27H,17-18H2,1H3/b9-8-,20-11+. The number of likely N-dealkylation sites (N-methyl/N-ethyl adjacent to an activating group) is 1. The van der Waals surface area contributed by atoms with Gasteiger partial charge >= 0.3 is 0 Å². The van der Waals surface area contributed by atoms with Gasteiger partial charge in [-0.25, -0.2) is 0 Å². The van der Waals surface area contributed by atoms with Crippen LogP contribution in [0.25, 0.3) is 11.1 Å². The second-order valence-corrected chi connectivity index (χ2v) is 7.35. The summed E-state index contributed by atoms with van der Waals surface area (Å²) in [6.45, 7) is 0.886. The van der Waals surface area contributed by atoms with E-state index in [1.165, 1.54) is 39.0 Å². The van der Waals surface area contributed by atoms with Crippen LogP contribution in [0.3, 0.4) is 0 Å². The fraction of sp³-hybridized carbons (Fsp3) is 0.154. The van der Waals surface area contributed by atoms with E-state index in [1.54, 1.807) is 0 Å². The molecular formula is C26H23N. The zero-order chi connectivity index (χ0) is 18.3. The highest BCUT2D eigenvalue weighted by Crippen LogP contribution is 2.60. The van der Waals surface area contributed by atoms with Crippen molar-refractivity contribution in [1.29, 1.82) is 0 Å². The van der Waals surface area contributed by atoms with Crippen molar-refractivity contribution in [3.05, 3.63) is 119 Å². The summed E-state index contributed by atoms with van der Waals surface area (Å²) in [7, 11) is 1.98. The second-order valence-electron chi connectivity index (χ2n) is 7.35. The van der Waals surface area contributed by atoms with Crippen LogP contribution >= 0.6 is 0 Å². The van der Waals surface area contributed by atoms with Gasteiger partial charge in [0.25, 0.3) is 0 Å². The Bertz CT molecular complexity index is 1030. The van der Waals surface area contributed by atoms with Crippen molar-refractivity contribution in [2.45, 2.75) is 11.8 Å². The van der Waals surface area contributed by atoms with Crippen molar-refractivity contribution in [3.63, 3.8) is 0 Å². The average molecular weight is 349 g/mol. The molecular weight excluding hydrogens is 326 g/mol. The number of nitrogens with one attached hydrogen (secondary N) is 1. The predicted molar refractivity (Wildman–Crippen MR) is 113 cm³/mol. The van der Waals surface area contributed by atoms with Gasteiger partial charge in [0.1, 0.15) is 0 Å². The first-order valence-corrected chi connectivity index (χ1v) is 9.66. The Morgan fingerprint density at radius 3 is 2.07 bits per heavy atom. The van der Waals surface area contributed by atoms with Crippen LogP contribution in [-0.4, -0.2) is 13.6 Å². The maximum absolute atomic E-state index is 3.19. The van der Waals surface area contributed by atoms with Crippen molar-refractivity contribution in [2.75, 3.05) is 13.6 Å². The van der Waals surface area contributed by atoms with Gasteiger partial charge in [0.15, 0.2) is 0 Å². The largest absolute Gasteiger partial charge is 0.316 e.